The summed E-state index contributed by atoms with van der Waals surface area (Å²) in [6.07, 6.45) is -9.39. The van der Waals surface area contributed by atoms with Gasteiger partial charge in [0.2, 0.25) is 0 Å². The third kappa shape index (κ3) is 7.95. The van der Waals surface area contributed by atoms with E-state index in [1.165, 1.54) is 0 Å². The Morgan fingerprint density at radius 2 is 1.29 bits per heavy atom. The Bertz CT molecular complexity index is 625. The minimum atomic E-state index is -1.72. The summed E-state index contributed by atoms with van der Waals surface area (Å²) in [6.45, 7) is -0.539. The average molecular weight is 496 g/mol. The molecule has 0 radical (unpaired) electrons. The highest BCUT2D eigenvalue weighted by molar-refractivity contribution is 4.94. The first-order valence-corrected chi connectivity index (χ1v) is 11.6. The zero-order valence-corrected chi connectivity index (χ0v) is 18.9. The van der Waals surface area contributed by atoms with Gasteiger partial charge in [0.1, 0.15) is 48.8 Å². The average Bonchev–Trinajstić information content (AvgIpc) is 2.84. The van der Waals surface area contributed by atoms with Crippen LogP contribution in [0.4, 0.5) is 0 Å². The van der Waals surface area contributed by atoms with Crippen molar-refractivity contribution < 1.29 is 54.7 Å². The molecule has 0 saturated carbocycles. The summed E-state index contributed by atoms with van der Waals surface area (Å²) < 4.78 is 21.8. The van der Waals surface area contributed by atoms with Gasteiger partial charge in [0.15, 0.2) is 12.6 Å². The summed E-state index contributed by atoms with van der Waals surface area (Å²) in [6, 6.07) is 0. The van der Waals surface area contributed by atoms with Crippen molar-refractivity contribution in [1.29, 1.82) is 0 Å². The monoisotopic (exact) mass is 495 g/mol. The molecule has 0 unspecified atom stereocenters. The zero-order chi connectivity index (χ0) is 25.1. The number of rotatable bonds is 14. The normalized spacial score (nSPS) is 38.4. The van der Waals surface area contributed by atoms with E-state index in [2.05, 4.69) is 10.0 Å². The van der Waals surface area contributed by atoms with Crippen molar-refractivity contribution in [2.24, 2.45) is 5.11 Å². The Labute approximate surface area is 197 Å². The molecule has 0 aromatic heterocycles. The van der Waals surface area contributed by atoms with Crippen LogP contribution in [0.5, 0.6) is 0 Å². The molecule has 2 rings (SSSR count). The molecule has 2 saturated heterocycles. The molecule has 2 fully saturated rings. The van der Waals surface area contributed by atoms with Gasteiger partial charge in [-0.25, -0.2) is 0 Å². The van der Waals surface area contributed by atoms with Crippen molar-refractivity contribution in [2.75, 3.05) is 26.4 Å². The van der Waals surface area contributed by atoms with Gasteiger partial charge in [-0.2, -0.15) is 0 Å². The Balaban J connectivity index is 1.85. The number of aliphatic hydroxyl groups is 7. The van der Waals surface area contributed by atoms with E-state index in [4.69, 9.17) is 24.5 Å². The molecule has 0 aromatic rings. The Kier molecular flexibility index (Phi) is 12.9. The van der Waals surface area contributed by atoms with Crippen LogP contribution in [0.3, 0.4) is 0 Å². The predicted molar refractivity (Wildman–Crippen MR) is 114 cm³/mol. The lowest BCUT2D eigenvalue weighted by atomic mass is 9.97. The maximum atomic E-state index is 10.7. The van der Waals surface area contributed by atoms with Crippen molar-refractivity contribution in [3.63, 3.8) is 0 Å². The highest BCUT2D eigenvalue weighted by Gasteiger charge is 2.50. The molecule has 0 aliphatic carbocycles. The molecule has 10 atom stereocenters. The van der Waals surface area contributed by atoms with Gasteiger partial charge in [-0.1, -0.05) is 30.8 Å². The van der Waals surface area contributed by atoms with Crippen LogP contribution in [0.25, 0.3) is 10.4 Å². The van der Waals surface area contributed by atoms with Gasteiger partial charge in [0.05, 0.1) is 13.2 Å². The summed E-state index contributed by atoms with van der Waals surface area (Å²) in [5, 5.41) is 73.5. The minimum absolute atomic E-state index is 0.238. The number of hydrogen-bond acceptors (Lipinski definition) is 12. The van der Waals surface area contributed by atoms with E-state index in [9.17, 15) is 35.7 Å². The molecular formula is C20H37N3O11. The smallest absolute Gasteiger partial charge is 0.187 e. The zero-order valence-electron chi connectivity index (χ0n) is 18.9. The summed E-state index contributed by atoms with van der Waals surface area (Å²) in [5.41, 5.74) is 8.23. The summed E-state index contributed by atoms with van der Waals surface area (Å²) >= 11 is 0. The first kappa shape index (κ1) is 29.1. The highest BCUT2D eigenvalue weighted by Crippen LogP contribution is 2.29. The lowest BCUT2D eigenvalue weighted by Crippen LogP contribution is -2.64. The lowest BCUT2D eigenvalue weighted by Gasteiger charge is -2.45. The number of ether oxygens (including phenoxy) is 4. The van der Waals surface area contributed by atoms with Crippen LogP contribution in [0.2, 0.25) is 0 Å². The third-order valence-electron chi connectivity index (χ3n) is 5.96. The molecule has 2 aliphatic heterocycles. The van der Waals surface area contributed by atoms with Gasteiger partial charge < -0.3 is 54.7 Å². The molecule has 14 heteroatoms. The topological polar surface area (TPSA) is 227 Å². The van der Waals surface area contributed by atoms with Gasteiger partial charge in [-0.05, 0) is 18.4 Å². The molecular weight excluding hydrogens is 458 g/mol. The van der Waals surface area contributed by atoms with Crippen LogP contribution in [0, 0.1) is 0 Å². The largest absolute Gasteiger partial charge is 0.394 e. The van der Waals surface area contributed by atoms with E-state index in [0.717, 1.165) is 32.1 Å². The number of hydrogen-bond donors (Lipinski definition) is 7. The lowest BCUT2D eigenvalue weighted by molar-refractivity contribution is -0.360. The molecule has 0 aromatic carbocycles. The second-order valence-electron chi connectivity index (χ2n) is 8.45. The molecule has 0 amide bonds. The van der Waals surface area contributed by atoms with E-state index in [-0.39, 0.29) is 6.61 Å². The second-order valence-corrected chi connectivity index (χ2v) is 8.45. The van der Waals surface area contributed by atoms with Crippen LogP contribution >= 0.6 is 0 Å². The maximum Gasteiger partial charge on any atom is 0.187 e. The van der Waals surface area contributed by atoms with Crippen molar-refractivity contribution in [1.82, 2.24) is 0 Å². The number of nitrogens with zero attached hydrogens (tertiary/aromatic N) is 3. The maximum absolute atomic E-state index is 10.7. The van der Waals surface area contributed by atoms with Crippen molar-refractivity contribution in [3.05, 3.63) is 10.4 Å². The molecule has 34 heavy (non-hydrogen) atoms. The Morgan fingerprint density at radius 3 is 1.94 bits per heavy atom. The molecule has 2 heterocycles. The predicted octanol–water partition coefficient (Wildman–Crippen LogP) is -1.72. The molecule has 2 aliphatic rings. The van der Waals surface area contributed by atoms with Gasteiger partial charge in [0.25, 0.3) is 0 Å². The molecule has 198 valence electrons. The number of azide groups is 1. The summed E-state index contributed by atoms with van der Waals surface area (Å²) in [7, 11) is 0. The first-order chi connectivity index (χ1) is 16.3. The SMILES string of the molecule is [N-]=[N+]=NCCCCCCCCO[C@@H]1O[C@H](CO)[C@H](O)[C@H](O[C@@H]2O[C@H](CO)[C@H](O)[C@H](O)[C@H]2O)[C@H]1O. The van der Waals surface area contributed by atoms with Crippen LogP contribution in [0.15, 0.2) is 5.11 Å². The fourth-order valence-electron chi connectivity index (χ4n) is 3.92. The second kappa shape index (κ2) is 15.1. The van der Waals surface area contributed by atoms with Crippen LogP contribution in [-0.2, 0) is 18.9 Å². The van der Waals surface area contributed by atoms with Crippen LogP contribution < -0.4 is 0 Å². The fraction of sp³-hybridized carbons (Fsp3) is 1.00. The van der Waals surface area contributed by atoms with E-state index in [0.29, 0.717) is 13.0 Å². The minimum Gasteiger partial charge on any atom is -0.394 e. The summed E-state index contributed by atoms with van der Waals surface area (Å²) in [5.74, 6) is 0. The van der Waals surface area contributed by atoms with Gasteiger partial charge in [-0.15, -0.1) is 0 Å². The standard InChI is InChI=1S/C20H37N3O11/c21-23-22-7-5-3-1-2-4-6-8-31-19-17(30)18(14(27)12(10-25)32-19)34-20-16(29)15(28)13(26)11(9-24)33-20/h11-20,24-30H,1-10H2/t11-,12-,13+,14+,15+,16-,17-,18+,19-,20+/m1/s1. The van der Waals surface area contributed by atoms with E-state index < -0.39 is 74.6 Å². The first-order valence-electron chi connectivity index (χ1n) is 11.6. The molecule has 7 N–H and O–H groups in total. The van der Waals surface area contributed by atoms with Gasteiger partial charge in [0, 0.05) is 18.1 Å². The van der Waals surface area contributed by atoms with Crippen molar-refractivity contribution in [3.8, 4) is 0 Å². The Hall–Kier alpha value is -1.13. The molecule has 14 nitrogen and oxygen atoms in total. The summed E-state index contributed by atoms with van der Waals surface area (Å²) in [4.78, 5) is 2.70. The third-order valence-corrected chi connectivity index (χ3v) is 5.96. The Morgan fingerprint density at radius 1 is 0.706 bits per heavy atom. The van der Waals surface area contributed by atoms with Crippen molar-refractivity contribution in [2.45, 2.75) is 99.9 Å². The van der Waals surface area contributed by atoms with Crippen LogP contribution in [0.1, 0.15) is 38.5 Å². The van der Waals surface area contributed by atoms with Gasteiger partial charge in [-0.3, -0.25) is 0 Å². The highest BCUT2D eigenvalue weighted by atomic mass is 16.7. The van der Waals surface area contributed by atoms with E-state index in [1.807, 2.05) is 0 Å². The van der Waals surface area contributed by atoms with Crippen LogP contribution in [-0.4, -0.2) is 124 Å². The molecule has 0 bridgehead atoms. The number of unbranched alkanes of at least 4 members (excludes halogenated alkanes) is 5. The van der Waals surface area contributed by atoms with Gasteiger partial charge >= 0.3 is 0 Å². The fourth-order valence-corrected chi connectivity index (χ4v) is 3.92. The molecule has 0 spiro atoms. The van der Waals surface area contributed by atoms with E-state index >= 15 is 0 Å². The van der Waals surface area contributed by atoms with E-state index in [1.54, 1.807) is 0 Å². The number of aliphatic hydroxyl groups excluding tert-OH is 7. The van der Waals surface area contributed by atoms with Crippen molar-refractivity contribution >= 4 is 0 Å². The quantitative estimate of drug-likeness (QED) is 0.0620.